The molecule has 0 atom stereocenters. The molecule has 88 valence electrons. The first-order valence-corrected chi connectivity index (χ1v) is 6.12. The summed E-state index contributed by atoms with van der Waals surface area (Å²) in [5.74, 6) is -0.427. The maximum atomic E-state index is 13.4. The molecule has 0 aliphatic heterocycles. The number of benzene rings is 1. The average Bonchev–Trinajstić information content (AvgIpc) is 2.63. The fourth-order valence-electron chi connectivity index (χ4n) is 1.28. The van der Waals surface area contributed by atoms with Crippen LogP contribution in [0, 0.1) is 12.7 Å². The molecular formula is C11H13ClFNOS. The minimum atomic E-state index is -0.549. The molecule has 1 aromatic carbocycles. The van der Waals surface area contributed by atoms with Gasteiger partial charge < -0.3 is 4.74 Å². The van der Waals surface area contributed by atoms with Crippen LogP contribution in [0.4, 0.5) is 4.39 Å². The maximum Gasteiger partial charge on any atom is 0.185 e. The summed E-state index contributed by atoms with van der Waals surface area (Å²) < 4.78 is 19.2. The summed E-state index contributed by atoms with van der Waals surface area (Å²) in [5.41, 5.74) is 0.539. The number of thiazole rings is 1. The van der Waals surface area contributed by atoms with Crippen molar-refractivity contribution in [3.8, 4) is 5.75 Å². The lowest BCUT2D eigenvalue weighted by atomic mass is 10.3. The van der Waals surface area contributed by atoms with Crippen LogP contribution in [0.1, 0.15) is 18.9 Å². The molecule has 1 heterocycles. The van der Waals surface area contributed by atoms with E-state index in [0.29, 0.717) is 5.52 Å². The quantitative estimate of drug-likeness (QED) is 0.758. The van der Waals surface area contributed by atoms with E-state index in [9.17, 15) is 4.39 Å². The van der Waals surface area contributed by atoms with E-state index in [4.69, 9.17) is 16.3 Å². The molecule has 2 rings (SSSR count). The van der Waals surface area contributed by atoms with Crippen LogP contribution in [0.15, 0.2) is 6.07 Å². The molecule has 2 nitrogen and oxygen atoms in total. The summed E-state index contributed by atoms with van der Waals surface area (Å²) in [6, 6.07) is 1.57. The topological polar surface area (TPSA) is 22.1 Å². The minimum Gasteiger partial charge on any atom is -0.491 e. The standard InChI is InChI=1S/C9H7ClFNOS.C2H6/c1-4-12-8-6(14-4)3-5(10)7(11)9(8)13-2;1-2/h3H,1-2H3;1-2H3. The number of fused-ring (bicyclic) bond motifs is 1. The summed E-state index contributed by atoms with van der Waals surface area (Å²) in [5, 5.41) is 0.929. The van der Waals surface area contributed by atoms with Gasteiger partial charge in [-0.2, -0.15) is 0 Å². The second-order valence-corrected chi connectivity index (χ2v) is 4.43. The van der Waals surface area contributed by atoms with Crippen molar-refractivity contribution in [2.75, 3.05) is 7.11 Å². The van der Waals surface area contributed by atoms with E-state index in [1.54, 1.807) is 6.07 Å². The van der Waals surface area contributed by atoms with Crippen LogP contribution in [-0.4, -0.2) is 12.1 Å². The number of aryl methyl sites for hydroxylation is 1. The number of aromatic nitrogens is 1. The van der Waals surface area contributed by atoms with Crippen LogP contribution in [0.25, 0.3) is 10.2 Å². The highest BCUT2D eigenvalue weighted by Crippen LogP contribution is 2.36. The van der Waals surface area contributed by atoms with E-state index in [-0.39, 0.29) is 10.8 Å². The third kappa shape index (κ3) is 2.28. The van der Waals surface area contributed by atoms with Crippen molar-refractivity contribution in [1.29, 1.82) is 0 Å². The first-order valence-electron chi connectivity index (χ1n) is 4.92. The van der Waals surface area contributed by atoms with Crippen LogP contribution in [0.2, 0.25) is 5.02 Å². The van der Waals surface area contributed by atoms with Gasteiger partial charge >= 0.3 is 0 Å². The van der Waals surface area contributed by atoms with Crippen LogP contribution in [0.5, 0.6) is 5.75 Å². The number of hydrogen-bond acceptors (Lipinski definition) is 3. The Morgan fingerprint density at radius 3 is 2.62 bits per heavy atom. The van der Waals surface area contributed by atoms with E-state index < -0.39 is 5.82 Å². The molecule has 5 heteroatoms. The van der Waals surface area contributed by atoms with Crippen molar-refractivity contribution in [2.24, 2.45) is 0 Å². The molecule has 0 amide bonds. The Morgan fingerprint density at radius 2 is 2.06 bits per heavy atom. The van der Waals surface area contributed by atoms with Crippen molar-refractivity contribution in [2.45, 2.75) is 20.8 Å². The Morgan fingerprint density at radius 1 is 1.44 bits per heavy atom. The molecule has 0 radical (unpaired) electrons. The SMILES string of the molecule is CC.COc1c(F)c(Cl)cc2sc(C)nc12. The fraction of sp³-hybridized carbons (Fsp3) is 0.364. The molecule has 0 saturated heterocycles. The van der Waals surface area contributed by atoms with Gasteiger partial charge in [-0.05, 0) is 13.0 Å². The molecule has 0 bridgehead atoms. The molecule has 0 spiro atoms. The minimum absolute atomic E-state index is 0.0676. The molecule has 0 aliphatic carbocycles. The predicted octanol–water partition coefficient (Wildman–Crippen LogP) is 4.43. The van der Waals surface area contributed by atoms with E-state index in [2.05, 4.69) is 4.98 Å². The van der Waals surface area contributed by atoms with Crippen LogP contribution < -0.4 is 4.74 Å². The lowest BCUT2D eigenvalue weighted by Crippen LogP contribution is -1.90. The van der Waals surface area contributed by atoms with E-state index >= 15 is 0 Å². The lowest BCUT2D eigenvalue weighted by molar-refractivity contribution is 0.391. The first kappa shape index (κ1) is 13.2. The van der Waals surface area contributed by atoms with Gasteiger partial charge in [-0.3, -0.25) is 0 Å². The summed E-state index contributed by atoms with van der Waals surface area (Å²) in [6.07, 6.45) is 0. The van der Waals surface area contributed by atoms with Gasteiger partial charge in [-0.25, -0.2) is 9.37 Å². The van der Waals surface area contributed by atoms with Crippen LogP contribution in [-0.2, 0) is 0 Å². The maximum absolute atomic E-state index is 13.4. The van der Waals surface area contributed by atoms with Crippen LogP contribution >= 0.6 is 22.9 Å². The zero-order valence-corrected chi connectivity index (χ0v) is 11.2. The highest BCUT2D eigenvalue weighted by atomic mass is 35.5. The fourth-order valence-corrected chi connectivity index (χ4v) is 2.41. The predicted molar refractivity (Wildman–Crippen MR) is 67.2 cm³/mol. The Bertz CT molecular complexity index is 498. The molecule has 0 aliphatic rings. The molecule has 0 unspecified atom stereocenters. The number of ether oxygens (including phenoxy) is 1. The normalized spacial score (nSPS) is 9.88. The molecule has 0 N–H and O–H groups in total. The van der Waals surface area contributed by atoms with Gasteiger partial charge in [0.1, 0.15) is 5.52 Å². The average molecular weight is 262 g/mol. The highest BCUT2D eigenvalue weighted by molar-refractivity contribution is 7.18. The smallest absolute Gasteiger partial charge is 0.185 e. The molecule has 2 aromatic rings. The molecule has 0 saturated carbocycles. The van der Waals surface area contributed by atoms with Crippen molar-refractivity contribution < 1.29 is 9.13 Å². The third-order valence-electron chi connectivity index (χ3n) is 1.85. The first-order chi connectivity index (χ1) is 7.63. The van der Waals surface area contributed by atoms with Crippen molar-refractivity contribution in [3.63, 3.8) is 0 Å². The van der Waals surface area contributed by atoms with E-state index in [1.807, 2.05) is 20.8 Å². The Balaban J connectivity index is 0.000000606. The second-order valence-electron chi connectivity index (χ2n) is 2.79. The highest BCUT2D eigenvalue weighted by Gasteiger charge is 2.15. The van der Waals surface area contributed by atoms with Gasteiger partial charge in [0.15, 0.2) is 11.6 Å². The van der Waals surface area contributed by atoms with Crippen molar-refractivity contribution in [3.05, 3.63) is 21.9 Å². The summed E-state index contributed by atoms with van der Waals surface area (Å²) in [7, 11) is 1.41. The molecule has 1 aromatic heterocycles. The van der Waals surface area contributed by atoms with Gasteiger partial charge in [-0.1, -0.05) is 25.4 Å². The van der Waals surface area contributed by atoms with Gasteiger partial charge in [0.2, 0.25) is 0 Å². The molecule has 0 fully saturated rings. The number of hydrogen-bond donors (Lipinski definition) is 0. The second kappa shape index (κ2) is 5.46. The molecular weight excluding hydrogens is 249 g/mol. The van der Waals surface area contributed by atoms with Crippen molar-refractivity contribution in [1.82, 2.24) is 4.98 Å². The summed E-state index contributed by atoms with van der Waals surface area (Å²) in [6.45, 7) is 5.86. The number of halogens is 2. The number of methoxy groups -OCH3 is 1. The Hall–Kier alpha value is -0.870. The largest absolute Gasteiger partial charge is 0.491 e. The zero-order valence-electron chi connectivity index (χ0n) is 9.60. The van der Waals surface area contributed by atoms with Gasteiger partial charge in [0.25, 0.3) is 0 Å². The monoisotopic (exact) mass is 261 g/mol. The van der Waals surface area contributed by atoms with Gasteiger partial charge in [-0.15, -0.1) is 11.3 Å². The Kier molecular flexibility index (Phi) is 4.50. The lowest BCUT2D eigenvalue weighted by Gasteiger charge is -2.03. The van der Waals surface area contributed by atoms with Crippen LogP contribution in [0.3, 0.4) is 0 Å². The van der Waals surface area contributed by atoms with Gasteiger partial charge in [0, 0.05) is 0 Å². The van der Waals surface area contributed by atoms with Crippen molar-refractivity contribution >= 4 is 33.2 Å². The third-order valence-corrected chi connectivity index (χ3v) is 3.04. The zero-order chi connectivity index (χ0) is 12.3. The number of nitrogens with zero attached hydrogens (tertiary/aromatic N) is 1. The Labute approximate surface area is 103 Å². The number of rotatable bonds is 1. The summed E-state index contributed by atoms with van der Waals surface area (Å²) in [4.78, 5) is 4.18. The summed E-state index contributed by atoms with van der Waals surface area (Å²) >= 11 is 7.17. The van der Waals surface area contributed by atoms with E-state index in [0.717, 1.165) is 9.71 Å². The van der Waals surface area contributed by atoms with Gasteiger partial charge in [0.05, 0.1) is 21.8 Å². The molecule has 16 heavy (non-hydrogen) atoms. The van der Waals surface area contributed by atoms with E-state index in [1.165, 1.54) is 18.4 Å².